The molecule has 1 aromatic carbocycles. The van der Waals surface area contributed by atoms with Crippen LogP contribution in [0.3, 0.4) is 0 Å². The standard InChI is InChI=1S/C18H26N4O5/c1-10(19)15(23)20-11(2)16(24)22-14(9-13-7-5-4-6-8-13)17(25)21-12(3)18(26)27/h4-8,10-12,14H,9,19H2,1-3H3,(H,20,23)(H,21,25)(H,22,24)(H,26,27). The van der Waals surface area contributed by atoms with Crippen molar-refractivity contribution in [2.24, 2.45) is 5.73 Å². The average molecular weight is 378 g/mol. The number of rotatable bonds is 9. The van der Waals surface area contributed by atoms with Gasteiger partial charge in [-0.15, -0.1) is 0 Å². The summed E-state index contributed by atoms with van der Waals surface area (Å²) in [5.74, 6) is -2.90. The monoisotopic (exact) mass is 378 g/mol. The highest BCUT2D eigenvalue weighted by Gasteiger charge is 2.27. The van der Waals surface area contributed by atoms with Crippen molar-refractivity contribution in [1.29, 1.82) is 0 Å². The summed E-state index contributed by atoms with van der Waals surface area (Å²) in [5, 5.41) is 16.3. The predicted octanol–water partition coefficient (Wildman–Crippen LogP) is -0.845. The van der Waals surface area contributed by atoms with Crippen molar-refractivity contribution in [3.63, 3.8) is 0 Å². The molecule has 148 valence electrons. The normalized spacial score (nSPS) is 15.0. The maximum absolute atomic E-state index is 12.5. The number of amides is 3. The van der Waals surface area contributed by atoms with Crippen LogP contribution in [0.5, 0.6) is 0 Å². The van der Waals surface area contributed by atoms with Crippen LogP contribution in [0, 0.1) is 0 Å². The Balaban J connectivity index is 2.86. The second-order valence-corrected chi connectivity index (χ2v) is 6.34. The van der Waals surface area contributed by atoms with Crippen molar-refractivity contribution >= 4 is 23.7 Å². The minimum Gasteiger partial charge on any atom is -0.480 e. The first kappa shape index (κ1) is 22.1. The molecule has 0 bridgehead atoms. The van der Waals surface area contributed by atoms with E-state index in [-0.39, 0.29) is 6.42 Å². The van der Waals surface area contributed by atoms with E-state index in [0.717, 1.165) is 5.56 Å². The van der Waals surface area contributed by atoms with E-state index in [1.54, 1.807) is 24.3 Å². The Kier molecular flexibility index (Phi) is 8.40. The highest BCUT2D eigenvalue weighted by atomic mass is 16.4. The minimum absolute atomic E-state index is 0.165. The average Bonchev–Trinajstić information content (AvgIpc) is 2.61. The van der Waals surface area contributed by atoms with E-state index in [0.29, 0.717) is 0 Å². The van der Waals surface area contributed by atoms with Gasteiger partial charge in [-0.3, -0.25) is 19.2 Å². The predicted molar refractivity (Wildman–Crippen MR) is 98.6 cm³/mol. The fourth-order valence-electron chi connectivity index (χ4n) is 2.14. The van der Waals surface area contributed by atoms with Crippen LogP contribution < -0.4 is 21.7 Å². The fourth-order valence-corrected chi connectivity index (χ4v) is 2.14. The molecule has 4 unspecified atom stereocenters. The van der Waals surface area contributed by atoms with Crippen molar-refractivity contribution in [2.45, 2.75) is 51.4 Å². The lowest BCUT2D eigenvalue weighted by molar-refractivity contribution is -0.141. The molecule has 0 aliphatic heterocycles. The second kappa shape index (κ2) is 10.3. The van der Waals surface area contributed by atoms with Crippen molar-refractivity contribution in [3.05, 3.63) is 35.9 Å². The van der Waals surface area contributed by atoms with Crippen LogP contribution in [-0.4, -0.2) is 53.0 Å². The summed E-state index contributed by atoms with van der Waals surface area (Å²) >= 11 is 0. The summed E-state index contributed by atoms with van der Waals surface area (Å²) in [6.45, 7) is 4.28. The Bertz CT molecular complexity index is 678. The molecule has 0 aliphatic rings. The Hall–Kier alpha value is -2.94. The highest BCUT2D eigenvalue weighted by Crippen LogP contribution is 2.04. The first-order valence-electron chi connectivity index (χ1n) is 8.55. The molecule has 9 heteroatoms. The van der Waals surface area contributed by atoms with Gasteiger partial charge in [0.25, 0.3) is 0 Å². The molecule has 0 saturated heterocycles. The Labute approximate surface area is 157 Å². The third-order valence-electron chi connectivity index (χ3n) is 3.81. The molecule has 1 rings (SSSR count). The number of aliphatic carboxylic acids is 1. The zero-order chi connectivity index (χ0) is 20.6. The molecule has 0 heterocycles. The number of carbonyl (C=O) groups excluding carboxylic acids is 3. The molecule has 27 heavy (non-hydrogen) atoms. The van der Waals surface area contributed by atoms with Crippen molar-refractivity contribution in [1.82, 2.24) is 16.0 Å². The van der Waals surface area contributed by atoms with Crippen LogP contribution >= 0.6 is 0 Å². The molecule has 1 aromatic rings. The van der Waals surface area contributed by atoms with Gasteiger partial charge in [-0.05, 0) is 26.3 Å². The van der Waals surface area contributed by atoms with Crippen LogP contribution in [0.1, 0.15) is 26.3 Å². The number of hydrogen-bond acceptors (Lipinski definition) is 5. The van der Waals surface area contributed by atoms with E-state index in [1.165, 1.54) is 20.8 Å². The molecule has 0 aromatic heterocycles. The molecule has 3 amide bonds. The van der Waals surface area contributed by atoms with Crippen LogP contribution in [0.2, 0.25) is 0 Å². The molecule has 4 atom stereocenters. The van der Waals surface area contributed by atoms with E-state index in [9.17, 15) is 19.2 Å². The lowest BCUT2D eigenvalue weighted by Gasteiger charge is -2.22. The van der Waals surface area contributed by atoms with E-state index in [1.807, 2.05) is 6.07 Å². The van der Waals surface area contributed by atoms with Gasteiger partial charge in [0, 0.05) is 6.42 Å². The SMILES string of the molecule is CC(N)C(=O)NC(C)C(=O)NC(Cc1ccccc1)C(=O)NC(C)C(=O)O. The topological polar surface area (TPSA) is 151 Å². The van der Waals surface area contributed by atoms with Gasteiger partial charge in [0.15, 0.2) is 0 Å². The fraction of sp³-hybridized carbons (Fsp3) is 0.444. The number of nitrogens with one attached hydrogen (secondary N) is 3. The van der Waals surface area contributed by atoms with Crippen LogP contribution in [0.15, 0.2) is 30.3 Å². The second-order valence-electron chi connectivity index (χ2n) is 6.34. The minimum atomic E-state index is -1.19. The van der Waals surface area contributed by atoms with E-state index < -0.39 is 47.9 Å². The third-order valence-corrected chi connectivity index (χ3v) is 3.81. The molecular formula is C18H26N4O5. The molecule has 0 fully saturated rings. The Morgan fingerprint density at radius 3 is 1.96 bits per heavy atom. The summed E-state index contributed by atoms with van der Waals surface area (Å²) in [5.41, 5.74) is 6.24. The van der Waals surface area contributed by atoms with Crippen LogP contribution in [-0.2, 0) is 25.6 Å². The Morgan fingerprint density at radius 1 is 0.889 bits per heavy atom. The van der Waals surface area contributed by atoms with Crippen molar-refractivity contribution in [3.8, 4) is 0 Å². The summed E-state index contributed by atoms with van der Waals surface area (Å²) in [6.07, 6.45) is 0.165. The maximum Gasteiger partial charge on any atom is 0.325 e. The molecule has 0 radical (unpaired) electrons. The molecule has 6 N–H and O–H groups in total. The number of nitrogens with two attached hydrogens (primary N) is 1. The van der Waals surface area contributed by atoms with Gasteiger partial charge >= 0.3 is 5.97 Å². The lowest BCUT2D eigenvalue weighted by Crippen LogP contribution is -2.56. The van der Waals surface area contributed by atoms with Crippen LogP contribution in [0.4, 0.5) is 0 Å². The molecule has 0 saturated carbocycles. The summed E-state index contributed by atoms with van der Waals surface area (Å²) in [6, 6.07) is 5.17. The number of carbonyl (C=O) groups is 4. The number of benzene rings is 1. The van der Waals surface area contributed by atoms with Gasteiger partial charge in [0.1, 0.15) is 18.1 Å². The van der Waals surface area contributed by atoms with E-state index in [2.05, 4.69) is 16.0 Å². The summed E-state index contributed by atoms with van der Waals surface area (Å²) < 4.78 is 0. The number of carboxylic acid groups (broad SMARTS) is 1. The zero-order valence-electron chi connectivity index (χ0n) is 15.6. The van der Waals surface area contributed by atoms with E-state index >= 15 is 0 Å². The van der Waals surface area contributed by atoms with Crippen molar-refractivity contribution in [2.75, 3.05) is 0 Å². The molecular weight excluding hydrogens is 352 g/mol. The quantitative estimate of drug-likeness (QED) is 0.378. The zero-order valence-corrected chi connectivity index (χ0v) is 15.6. The van der Waals surface area contributed by atoms with Gasteiger partial charge in [-0.1, -0.05) is 30.3 Å². The maximum atomic E-state index is 12.5. The smallest absolute Gasteiger partial charge is 0.325 e. The number of carboxylic acids is 1. The highest BCUT2D eigenvalue weighted by molar-refractivity contribution is 5.93. The van der Waals surface area contributed by atoms with E-state index in [4.69, 9.17) is 10.8 Å². The lowest BCUT2D eigenvalue weighted by atomic mass is 10.0. The van der Waals surface area contributed by atoms with Crippen LogP contribution in [0.25, 0.3) is 0 Å². The number of hydrogen-bond donors (Lipinski definition) is 5. The Morgan fingerprint density at radius 2 is 1.44 bits per heavy atom. The summed E-state index contributed by atoms with van der Waals surface area (Å²) in [7, 11) is 0. The summed E-state index contributed by atoms with van der Waals surface area (Å²) in [4.78, 5) is 47.4. The molecule has 0 spiro atoms. The molecule has 0 aliphatic carbocycles. The van der Waals surface area contributed by atoms with Gasteiger partial charge < -0.3 is 26.8 Å². The first-order valence-corrected chi connectivity index (χ1v) is 8.55. The molecule has 9 nitrogen and oxygen atoms in total. The third kappa shape index (κ3) is 7.45. The van der Waals surface area contributed by atoms with Gasteiger partial charge in [-0.2, -0.15) is 0 Å². The largest absolute Gasteiger partial charge is 0.480 e. The van der Waals surface area contributed by atoms with Gasteiger partial charge in [0.2, 0.25) is 17.7 Å². The van der Waals surface area contributed by atoms with Crippen molar-refractivity contribution < 1.29 is 24.3 Å². The first-order chi connectivity index (χ1) is 12.6. The van der Waals surface area contributed by atoms with Gasteiger partial charge in [-0.25, -0.2) is 0 Å². The van der Waals surface area contributed by atoms with Gasteiger partial charge in [0.05, 0.1) is 6.04 Å².